The van der Waals surface area contributed by atoms with Gasteiger partial charge in [0.1, 0.15) is 6.10 Å². The zero-order valence-electron chi connectivity index (χ0n) is 10.9. The quantitative estimate of drug-likeness (QED) is 0.850. The Labute approximate surface area is 120 Å². The molecule has 1 aromatic carbocycles. The van der Waals surface area contributed by atoms with E-state index in [1.165, 1.54) is 0 Å². The van der Waals surface area contributed by atoms with Crippen LogP contribution in [0.5, 0.6) is 0 Å². The molecule has 2 rings (SSSR count). The molecule has 0 radical (unpaired) electrons. The summed E-state index contributed by atoms with van der Waals surface area (Å²) in [7, 11) is 1.65. The zero-order valence-corrected chi connectivity index (χ0v) is 12.5. The van der Waals surface area contributed by atoms with Crippen LogP contribution < -0.4 is 5.73 Å². The van der Waals surface area contributed by atoms with Gasteiger partial charge in [-0.1, -0.05) is 18.5 Å². The molecule has 0 saturated heterocycles. The number of benzene rings is 1. The van der Waals surface area contributed by atoms with Crippen molar-refractivity contribution in [1.82, 2.24) is 10.1 Å². The molecule has 2 aromatic rings. The number of ether oxygens (including phenoxy) is 1. The molecular formula is C13H16BrN3O2. The molecule has 0 spiro atoms. The Balaban J connectivity index is 2.32. The second kappa shape index (κ2) is 6.16. The van der Waals surface area contributed by atoms with Gasteiger partial charge in [0.15, 0.2) is 0 Å². The zero-order chi connectivity index (χ0) is 13.8. The van der Waals surface area contributed by atoms with Gasteiger partial charge in [-0.05, 0) is 40.5 Å². The average Bonchev–Trinajstić information content (AvgIpc) is 2.88. The Morgan fingerprint density at radius 3 is 2.95 bits per heavy atom. The molecular weight excluding hydrogens is 310 g/mol. The standard InChI is InChI=1S/C13H16BrN3O2/c1-3-4-11(18-2)12-16-13(19-17-12)9-7-8(15)5-6-10(9)14/h5-7,11H,3-4,15H2,1-2H3. The average molecular weight is 326 g/mol. The van der Waals surface area contributed by atoms with E-state index in [-0.39, 0.29) is 6.10 Å². The number of hydrogen-bond donors (Lipinski definition) is 1. The van der Waals surface area contributed by atoms with Gasteiger partial charge in [0, 0.05) is 17.3 Å². The third-order valence-corrected chi connectivity index (χ3v) is 3.48. The Hall–Kier alpha value is -1.40. The summed E-state index contributed by atoms with van der Waals surface area (Å²) in [5.41, 5.74) is 7.20. The largest absolute Gasteiger partial charge is 0.399 e. The number of anilines is 1. The molecule has 0 amide bonds. The van der Waals surface area contributed by atoms with E-state index in [4.69, 9.17) is 15.0 Å². The van der Waals surface area contributed by atoms with Gasteiger partial charge in [-0.25, -0.2) is 0 Å². The summed E-state index contributed by atoms with van der Waals surface area (Å²) in [4.78, 5) is 4.38. The van der Waals surface area contributed by atoms with E-state index in [0.717, 1.165) is 22.9 Å². The second-order valence-corrected chi connectivity index (χ2v) is 5.06. The first-order chi connectivity index (χ1) is 9.15. The van der Waals surface area contributed by atoms with Crippen LogP contribution >= 0.6 is 15.9 Å². The molecule has 6 heteroatoms. The van der Waals surface area contributed by atoms with Crippen molar-refractivity contribution in [2.24, 2.45) is 0 Å². The molecule has 1 unspecified atom stereocenters. The molecule has 19 heavy (non-hydrogen) atoms. The number of nitrogens with zero attached hydrogens (tertiary/aromatic N) is 2. The first-order valence-electron chi connectivity index (χ1n) is 6.07. The van der Waals surface area contributed by atoms with Crippen LogP contribution in [0.3, 0.4) is 0 Å². The van der Waals surface area contributed by atoms with E-state index in [1.54, 1.807) is 19.2 Å². The van der Waals surface area contributed by atoms with E-state index in [2.05, 4.69) is 33.0 Å². The minimum atomic E-state index is -0.137. The highest BCUT2D eigenvalue weighted by atomic mass is 79.9. The van der Waals surface area contributed by atoms with Crippen molar-refractivity contribution >= 4 is 21.6 Å². The number of nitrogens with two attached hydrogens (primary N) is 1. The predicted octanol–water partition coefficient (Wildman–Crippen LogP) is 3.57. The molecule has 102 valence electrons. The normalized spacial score (nSPS) is 12.6. The summed E-state index contributed by atoms with van der Waals surface area (Å²) in [6.07, 6.45) is 1.71. The topological polar surface area (TPSA) is 74.2 Å². The second-order valence-electron chi connectivity index (χ2n) is 4.21. The monoisotopic (exact) mass is 325 g/mol. The Morgan fingerprint density at radius 2 is 2.26 bits per heavy atom. The summed E-state index contributed by atoms with van der Waals surface area (Å²) in [6.45, 7) is 2.08. The van der Waals surface area contributed by atoms with Crippen LogP contribution in [0.4, 0.5) is 5.69 Å². The Bertz CT molecular complexity index is 557. The SMILES string of the molecule is CCCC(OC)c1noc(-c2cc(N)ccc2Br)n1. The molecule has 1 heterocycles. The molecule has 5 nitrogen and oxygen atoms in total. The van der Waals surface area contributed by atoms with Crippen molar-refractivity contribution in [3.63, 3.8) is 0 Å². The lowest BCUT2D eigenvalue weighted by molar-refractivity contribution is 0.0854. The fourth-order valence-corrected chi connectivity index (χ4v) is 2.21. The van der Waals surface area contributed by atoms with Gasteiger partial charge in [-0.2, -0.15) is 4.98 Å². The van der Waals surface area contributed by atoms with Crippen LogP contribution in [-0.4, -0.2) is 17.3 Å². The van der Waals surface area contributed by atoms with E-state index in [0.29, 0.717) is 17.4 Å². The first-order valence-corrected chi connectivity index (χ1v) is 6.86. The molecule has 0 aliphatic heterocycles. The summed E-state index contributed by atoms with van der Waals surface area (Å²) in [6, 6.07) is 5.46. The molecule has 0 fully saturated rings. The highest BCUT2D eigenvalue weighted by Gasteiger charge is 2.19. The van der Waals surface area contributed by atoms with E-state index < -0.39 is 0 Å². The maximum atomic E-state index is 5.77. The lowest BCUT2D eigenvalue weighted by Crippen LogP contribution is -2.03. The van der Waals surface area contributed by atoms with Gasteiger partial charge >= 0.3 is 0 Å². The lowest BCUT2D eigenvalue weighted by Gasteiger charge is -2.08. The van der Waals surface area contributed by atoms with Gasteiger partial charge in [-0.15, -0.1) is 0 Å². The number of halogens is 1. The fourth-order valence-electron chi connectivity index (χ4n) is 1.80. The van der Waals surface area contributed by atoms with Gasteiger partial charge in [-0.3, -0.25) is 0 Å². The smallest absolute Gasteiger partial charge is 0.259 e. The van der Waals surface area contributed by atoms with Gasteiger partial charge in [0.2, 0.25) is 5.82 Å². The minimum absolute atomic E-state index is 0.137. The van der Waals surface area contributed by atoms with Crippen LogP contribution in [0.2, 0.25) is 0 Å². The van der Waals surface area contributed by atoms with Crippen molar-refractivity contribution in [2.45, 2.75) is 25.9 Å². The van der Waals surface area contributed by atoms with Crippen molar-refractivity contribution < 1.29 is 9.26 Å². The Morgan fingerprint density at radius 1 is 1.47 bits per heavy atom. The van der Waals surface area contributed by atoms with Crippen LogP contribution in [0, 0.1) is 0 Å². The minimum Gasteiger partial charge on any atom is -0.399 e. The molecule has 0 saturated carbocycles. The van der Waals surface area contributed by atoms with Crippen LogP contribution in [-0.2, 0) is 4.74 Å². The van der Waals surface area contributed by atoms with Crippen LogP contribution in [0.15, 0.2) is 27.2 Å². The van der Waals surface area contributed by atoms with Crippen molar-refractivity contribution in [1.29, 1.82) is 0 Å². The fraction of sp³-hybridized carbons (Fsp3) is 0.385. The maximum absolute atomic E-state index is 5.77. The number of nitrogen functional groups attached to an aromatic ring is 1. The Kier molecular flexibility index (Phi) is 4.55. The predicted molar refractivity (Wildman–Crippen MR) is 76.5 cm³/mol. The third-order valence-electron chi connectivity index (χ3n) is 2.79. The summed E-state index contributed by atoms with van der Waals surface area (Å²) >= 11 is 3.45. The van der Waals surface area contributed by atoms with Crippen molar-refractivity contribution in [3.05, 3.63) is 28.5 Å². The lowest BCUT2D eigenvalue weighted by atomic mass is 10.2. The summed E-state index contributed by atoms with van der Waals surface area (Å²) in [5.74, 6) is 1.00. The van der Waals surface area contributed by atoms with E-state index in [1.807, 2.05) is 6.07 Å². The van der Waals surface area contributed by atoms with Crippen LogP contribution in [0.1, 0.15) is 31.7 Å². The van der Waals surface area contributed by atoms with Crippen molar-refractivity contribution in [3.8, 4) is 11.5 Å². The first kappa shape index (κ1) is 14.0. The highest BCUT2D eigenvalue weighted by Crippen LogP contribution is 2.30. The van der Waals surface area contributed by atoms with E-state index >= 15 is 0 Å². The number of methoxy groups -OCH3 is 1. The van der Waals surface area contributed by atoms with E-state index in [9.17, 15) is 0 Å². The molecule has 0 aliphatic rings. The number of hydrogen-bond acceptors (Lipinski definition) is 5. The van der Waals surface area contributed by atoms with Gasteiger partial charge in [0.25, 0.3) is 5.89 Å². The third kappa shape index (κ3) is 3.13. The summed E-state index contributed by atoms with van der Waals surface area (Å²) in [5, 5.41) is 3.98. The summed E-state index contributed by atoms with van der Waals surface area (Å²) < 4.78 is 11.5. The highest BCUT2D eigenvalue weighted by molar-refractivity contribution is 9.10. The molecule has 1 aromatic heterocycles. The van der Waals surface area contributed by atoms with Gasteiger partial charge in [0.05, 0.1) is 5.56 Å². The number of rotatable bonds is 5. The number of aromatic nitrogens is 2. The maximum Gasteiger partial charge on any atom is 0.259 e. The van der Waals surface area contributed by atoms with Crippen molar-refractivity contribution in [2.75, 3.05) is 12.8 Å². The molecule has 0 aliphatic carbocycles. The molecule has 2 N–H and O–H groups in total. The molecule has 0 bridgehead atoms. The van der Waals surface area contributed by atoms with Gasteiger partial charge < -0.3 is 15.0 Å². The molecule has 1 atom stereocenters. The van der Waals surface area contributed by atoms with Crippen LogP contribution in [0.25, 0.3) is 11.5 Å².